The summed E-state index contributed by atoms with van der Waals surface area (Å²) in [6, 6.07) is 4.54. The van der Waals surface area contributed by atoms with Crippen LogP contribution in [0.25, 0.3) is 0 Å². The average Bonchev–Trinajstić information content (AvgIpc) is 2.15. The van der Waals surface area contributed by atoms with E-state index in [0.29, 0.717) is 0 Å². The fourth-order valence-electron chi connectivity index (χ4n) is 1.48. The van der Waals surface area contributed by atoms with E-state index in [0.717, 1.165) is 0 Å². The molecule has 0 heterocycles. The highest BCUT2D eigenvalue weighted by Gasteiger charge is 2.17. The van der Waals surface area contributed by atoms with Gasteiger partial charge in [-0.05, 0) is 12.1 Å². The lowest BCUT2D eigenvalue weighted by molar-refractivity contribution is 0.1000. The maximum Gasteiger partial charge on any atom is 0.255 e. The molecule has 6 heteroatoms. The van der Waals surface area contributed by atoms with Crippen molar-refractivity contribution in [2.75, 3.05) is 24.2 Å². The zero-order chi connectivity index (χ0) is 12.3. The number of carbonyl (C=O) groups is 1. The predicted molar refractivity (Wildman–Crippen MR) is 58.6 cm³/mol. The van der Waals surface area contributed by atoms with Gasteiger partial charge in [0, 0.05) is 7.05 Å². The summed E-state index contributed by atoms with van der Waals surface area (Å²) < 4.78 is 24.5. The largest absolute Gasteiger partial charge is 0.397 e. The molecule has 0 aliphatic carbocycles. The maximum absolute atomic E-state index is 12.2. The molecule has 0 saturated heterocycles. The van der Waals surface area contributed by atoms with Crippen LogP contribution in [0, 0.1) is 0 Å². The highest BCUT2D eigenvalue weighted by Crippen LogP contribution is 2.27. The minimum absolute atomic E-state index is 0.142. The lowest BCUT2D eigenvalue weighted by Gasteiger charge is -2.22. The normalized spacial score (nSPS) is 10.5. The quantitative estimate of drug-likeness (QED) is 0.758. The molecular weight excluding hydrogens is 216 g/mol. The van der Waals surface area contributed by atoms with E-state index in [2.05, 4.69) is 0 Å². The molecule has 0 spiro atoms. The Hall–Kier alpha value is -1.85. The van der Waals surface area contributed by atoms with Crippen LogP contribution in [0.1, 0.15) is 10.4 Å². The van der Waals surface area contributed by atoms with Crippen molar-refractivity contribution in [3.05, 3.63) is 23.8 Å². The third kappa shape index (κ3) is 2.59. The molecule has 0 unspecified atom stereocenters. The van der Waals surface area contributed by atoms with Crippen molar-refractivity contribution in [1.29, 1.82) is 0 Å². The van der Waals surface area contributed by atoms with Crippen molar-refractivity contribution in [2.24, 2.45) is 5.73 Å². The predicted octanol–water partition coefficient (Wildman–Crippen LogP) is 1.07. The maximum atomic E-state index is 12.2. The summed E-state index contributed by atoms with van der Waals surface area (Å²) in [5.74, 6) is -0.691. The van der Waals surface area contributed by atoms with Gasteiger partial charge in [0.1, 0.15) is 0 Å². The smallest absolute Gasteiger partial charge is 0.255 e. The second-order valence-corrected chi connectivity index (χ2v) is 3.38. The molecule has 0 bridgehead atoms. The first-order chi connectivity index (χ1) is 7.43. The zero-order valence-corrected chi connectivity index (χ0v) is 8.78. The van der Waals surface area contributed by atoms with E-state index in [9.17, 15) is 13.6 Å². The topological polar surface area (TPSA) is 72.3 Å². The number of hydrogen-bond acceptors (Lipinski definition) is 3. The Morgan fingerprint density at radius 3 is 2.62 bits per heavy atom. The van der Waals surface area contributed by atoms with Crippen LogP contribution in [-0.4, -0.2) is 25.9 Å². The molecule has 4 N–H and O–H groups in total. The second kappa shape index (κ2) is 4.78. The van der Waals surface area contributed by atoms with Crippen LogP contribution in [-0.2, 0) is 0 Å². The molecule has 0 aliphatic heterocycles. The minimum atomic E-state index is -2.51. The number of amides is 1. The molecule has 0 fully saturated rings. The van der Waals surface area contributed by atoms with E-state index >= 15 is 0 Å². The third-order valence-corrected chi connectivity index (χ3v) is 2.13. The first-order valence-electron chi connectivity index (χ1n) is 4.61. The Morgan fingerprint density at radius 2 is 2.12 bits per heavy atom. The number of halogens is 2. The molecule has 0 aromatic heterocycles. The first kappa shape index (κ1) is 12.2. The van der Waals surface area contributed by atoms with Gasteiger partial charge in [0.2, 0.25) is 0 Å². The van der Waals surface area contributed by atoms with Crippen LogP contribution in [0.4, 0.5) is 20.2 Å². The fraction of sp³-hybridized carbons (Fsp3) is 0.300. The van der Waals surface area contributed by atoms with E-state index in [1.54, 1.807) is 6.07 Å². The molecular formula is C10H13F2N3O. The molecule has 16 heavy (non-hydrogen) atoms. The van der Waals surface area contributed by atoms with Gasteiger partial charge in [-0.25, -0.2) is 8.78 Å². The van der Waals surface area contributed by atoms with Gasteiger partial charge in [-0.3, -0.25) is 4.79 Å². The number of primary amides is 1. The van der Waals surface area contributed by atoms with Crippen molar-refractivity contribution >= 4 is 17.3 Å². The third-order valence-electron chi connectivity index (χ3n) is 2.13. The van der Waals surface area contributed by atoms with E-state index in [-0.39, 0.29) is 16.9 Å². The number of para-hydroxylation sites is 1. The lowest BCUT2D eigenvalue weighted by Crippen LogP contribution is -2.28. The molecule has 0 radical (unpaired) electrons. The number of nitrogens with two attached hydrogens (primary N) is 2. The SMILES string of the molecule is CN(CC(F)F)c1c(N)cccc1C(N)=O. The van der Waals surface area contributed by atoms with Gasteiger partial charge in [0.15, 0.2) is 0 Å². The molecule has 1 amide bonds. The zero-order valence-electron chi connectivity index (χ0n) is 8.78. The van der Waals surface area contributed by atoms with E-state index in [4.69, 9.17) is 11.5 Å². The number of rotatable bonds is 4. The summed E-state index contributed by atoms with van der Waals surface area (Å²) in [5.41, 5.74) is 11.4. The number of alkyl halides is 2. The lowest BCUT2D eigenvalue weighted by atomic mass is 10.1. The van der Waals surface area contributed by atoms with Gasteiger partial charge in [0.25, 0.3) is 12.3 Å². The number of hydrogen-bond donors (Lipinski definition) is 2. The number of nitrogen functional groups attached to an aromatic ring is 1. The van der Waals surface area contributed by atoms with Gasteiger partial charge in [-0.2, -0.15) is 0 Å². The Kier molecular flexibility index (Phi) is 3.65. The van der Waals surface area contributed by atoms with Crippen LogP contribution in [0.15, 0.2) is 18.2 Å². The van der Waals surface area contributed by atoms with Crippen LogP contribution in [0.2, 0.25) is 0 Å². The molecule has 0 atom stereocenters. The minimum Gasteiger partial charge on any atom is -0.397 e. The van der Waals surface area contributed by atoms with Crippen LogP contribution >= 0.6 is 0 Å². The number of anilines is 2. The first-order valence-corrected chi connectivity index (χ1v) is 4.61. The van der Waals surface area contributed by atoms with Crippen molar-refractivity contribution in [3.8, 4) is 0 Å². The van der Waals surface area contributed by atoms with Crippen molar-refractivity contribution in [2.45, 2.75) is 6.43 Å². The van der Waals surface area contributed by atoms with Crippen molar-refractivity contribution in [1.82, 2.24) is 0 Å². The van der Waals surface area contributed by atoms with Crippen LogP contribution in [0.3, 0.4) is 0 Å². The Balaban J connectivity index is 3.14. The van der Waals surface area contributed by atoms with Crippen LogP contribution in [0.5, 0.6) is 0 Å². The summed E-state index contributed by atoms with van der Waals surface area (Å²) in [6.07, 6.45) is -2.51. The molecule has 0 aliphatic rings. The van der Waals surface area contributed by atoms with E-state index in [1.165, 1.54) is 24.1 Å². The molecule has 88 valence electrons. The molecule has 0 saturated carbocycles. The summed E-state index contributed by atoms with van der Waals surface area (Å²) in [5, 5.41) is 0. The van der Waals surface area contributed by atoms with E-state index in [1.807, 2.05) is 0 Å². The van der Waals surface area contributed by atoms with Gasteiger partial charge >= 0.3 is 0 Å². The number of nitrogens with zero attached hydrogens (tertiary/aromatic N) is 1. The summed E-state index contributed by atoms with van der Waals surface area (Å²) in [6.45, 7) is -0.505. The van der Waals surface area contributed by atoms with Gasteiger partial charge in [-0.1, -0.05) is 6.07 Å². The van der Waals surface area contributed by atoms with Gasteiger partial charge in [0.05, 0.1) is 23.5 Å². The van der Waals surface area contributed by atoms with Crippen LogP contribution < -0.4 is 16.4 Å². The number of benzene rings is 1. The van der Waals surface area contributed by atoms with Gasteiger partial charge in [-0.15, -0.1) is 0 Å². The fourth-order valence-corrected chi connectivity index (χ4v) is 1.48. The Bertz CT molecular complexity index is 396. The average molecular weight is 229 g/mol. The Morgan fingerprint density at radius 1 is 1.50 bits per heavy atom. The van der Waals surface area contributed by atoms with E-state index < -0.39 is 18.9 Å². The molecule has 4 nitrogen and oxygen atoms in total. The molecule has 1 aromatic carbocycles. The molecule has 1 rings (SSSR count). The second-order valence-electron chi connectivity index (χ2n) is 3.38. The molecule has 1 aromatic rings. The highest BCUT2D eigenvalue weighted by molar-refractivity contribution is 6.01. The Labute approximate surface area is 91.8 Å². The number of carbonyl (C=O) groups excluding carboxylic acids is 1. The standard InChI is InChI=1S/C10H13F2N3O/c1-15(5-8(11)12)9-6(10(14)16)3-2-4-7(9)13/h2-4,8H,5,13H2,1H3,(H2,14,16). The van der Waals surface area contributed by atoms with Crippen molar-refractivity contribution < 1.29 is 13.6 Å². The highest BCUT2D eigenvalue weighted by atomic mass is 19.3. The summed E-state index contributed by atoms with van der Waals surface area (Å²) >= 11 is 0. The van der Waals surface area contributed by atoms with Gasteiger partial charge < -0.3 is 16.4 Å². The van der Waals surface area contributed by atoms with Crippen molar-refractivity contribution in [3.63, 3.8) is 0 Å². The summed E-state index contributed by atoms with van der Waals surface area (Å²) in [7, 11) is 1.43. The summed E-state index contributed by atoms with van der Waals surface area (Å²) in [4.78, 5) is 12.3. The monoisotopic (exact) mass is 229 g/mol.